The van der Waals surface area contributed by atoms with Crippen molar-refractivity contribution in [1.29, 1.82) is 0 Å². The standard InChI is InChI=1S/C12H11N3O3/c1-7(13-12(17)18)6-10-14-9-5-3-2-4-8(9)11(16)15-10/h2-6,13H,1H3,(H,17,18)(H,14,15,16). The van der Waals surface area contributed by atoms with Crippen LogP contribution in [0.4, 0.5) is 4.79 Å². The summed E-state index contributed by atoms with van der Waals surface area (Å²) in [5.41, 5.74) is 0.687. The lowest BCUT2D eigenvalue weighted by Gasteiger charge is -2.01. The van der Waals surface area contributed by atoms with Gasteiger partial charge in [0.15, 0.2) is 0 Å². The Morgan fingerprint density at radius 3 is 2.89 bits per heavy atom. The molecule has 0 aliphatic rings. The molecule has 0 atom stereocenters. The summed E-state index contributed by atoms with van der Waals surface area (Å²) in [5, 5.41) is 11.2. The Hall–Kier alpha value is -2.63. The number of fused-ring (bicyclic) bond motifs is 1. The number of benzene rings is 1. The first kappa shape index (κ1) is 11.8. The zero-order valence-electron chi connectivity index (χ0n) is 9.60. The molecule has 2 aromatic rings. The van der Waals surface area contributed by atoms with E-state index in [4.69, 9.17) is 5.11 Å². The quantitative estimate of drug-likeness (QED) is 0.748. The molecule has 2 rings (SSSR count). The molecule has 92 valence electrons. The highest BCUT2D eigenvalue weighted by Gasteiger charge is 2.02. The summed E-state index contributed by atoms with van der Waals surface area (Å²) in [6, 6.07) is 6.94. The SMILES string of the molecule is CC(=Cc1nc2ccccc2c(=O)[nH]1)NC(=O)O. The molecule has 0 saturated heterocycles. The van der Waals surface area contributed by atoms with Crippen molar-refractivity contribution in [2.75, 3.05) is 0 Å². The summed E-state index contributed by atoms with van der Waals surface area (Å²) < 4.78 is 0. The van der Waals surface area contributed by atoms with Gasteiger partial charge in [-0.25, -0.2) is 9.78 Å². The Balaban J connectivity index is 2.47. The van der Waals surface area contributed by atoms with E-state index in [1.165, 1.54) is 6.08 Å². The number of rotatable bonds is 2. The lowest BCUT2D eigenvalue weighted by molar-refractivity contribution is 0.197. The zero-order chi connectivity index (χ0) is 13.1. The first-order chi connectivity index (χ1) is 8.56. The number of aromatic nitrogens is 2. The Bertz CT molecular complexity index is 688. The fourth-order valence-electron chi connectivity index (χ4n) is 1.58. The van der Waals surface area contributed by atoms with E-state index in [9.17, 15) is 9.59 Å². The van der Waals surface area contributed by atoms with Gasteiger partial charge in [0, 0.05) is 11.8 Å². The molecule has 18 heavy (non-hydrogen) atoms. The van der Waals surface area contributed by atoms with Gasteiger partial charge in [-0.15, -0.1) is 0 Å². The highest BCUT2D eigenvalue weighted by Crippen LogP contribution is 2.07. The van der Waals surface area contributed by atoms with Crippen molar-refractivity contribution in [2.24, 2.45) is 0 Å². The molecular weight excluding hydrogens is 234 g/mol. The van der Waals surface area contributed by atoms with E-state index in [1.807, 2.05) is 0 Å². The number of H-pyrrole nitrogens is 1. The molecule has 0 fully saturated rings. The van der Waals surface area contributed by atoms with Gasteiger partial charge in [-0.1, -0.05) is 12.1 Å². The highest BCUT2D eigenvalue weighted by atomic mass is 16.4. The second-order valence-electron chi connectivity index (χ2n) is 3.73. The zero-order valence-corrected chi connectivity index (χ0v) is 9.60. The number of carbonyl (C=O) groups is 1. The number of aromatic amines is 1. The largest absolute Gasteiger partial charge is 0.465 e. The molecule has 3 N–H and O–H groups in total. The molecule has 6 nitrogen and oxygen atoms in total. The minimum absolute atomic E-state index is 0.255. The maximum Gasteiger partial charge on any atom is 0.408 e. The fourth-order valence-corrected chi connectivity index (χ4v) is 1.58. The van der Waals surface area contributed by atoms with Gasteiger partial charge in [-0.2, -0.15) is 0 Å². The minimum atomic E-state index is -1.16. The van der Waals surface area contributed by atoms with Crippen molar-refractivity contribution in [2.45, 2.75) is 6.92 Å². The van der Waals surface area contributed by atoms with E-state index in [0.717, 1.165) is 0 Å². The van der Waals surface area contributed by atoms with Crippen molar-refractivity contribution in [3.63, 3.8) is 0 Å². The molecule has 6 heteroatoms. The van der Waals surface area contributed by atoms with Crippen LogP contribution in [-0.2, 0) is 0 Å². The number of amides is 1. The number of hydrogen-bond donors (Lipinski definition) is 3. The second kappa shape index (κ2) is 4.70. The number of nitrogens with one attached hydrogen (secondary N) is 2. The number of carboxylic acid groups (broad SMARTS) is 1. The maximum absolute atomic E-state index is 11.7. The Labute approximate surface area is 102 Å². The van der Waals surface area contributed by atoms with Gasteiger partial charge >= 0.3 is 6.09 Å². The normalized spacial score (nSPS) is 11.5. The second-order valence-corrected chi connectivity index (χ2v) is 3.73. The fraction of sp³-hybridized carbons (Fsp3) is 0.0833. The van der Waals surface area contributed by atoms with Crippen LogP contribution in [0.1, 0.15) is 12.7 Å². The van der Waals surface area contributed by atoms with Crippen LogP contribution in [0.3, 0.4) is 0 Å². The first-order valence-corrected chi connectivity index (χ1v) is 5.23. The van der Waals surface area contributed by atoms with Gasteiger partial charge in [0.1, 0.15) is 5.82 Å². The molecule has 0 saturated carbocycles. The van der Waals surface area contributed by atoms with Gasteiger partial charge < -0.3 is 10.1 Å². The van der Waals surface area contributed by atoms with E-state index in [2.05, 4.69) is 15.3 Å². The molecule has 1 heterocycles. The summed E-state index contributed by atoms with van der Waals surface area (Å²) in [6.07, 6.45) is 0.300. The molecule has 0 bridgehead atoms. The summed E-state index contributed by atoms with van der Waals surface area (Å²) in [5.74, 6) is 0.310. The highest BCUT2D eigenvalue weighted by molar-refractivity contribution is 5.78. The van der Waals surface area contributed by atoms with Crippen LogP contribution >= 0.6 is 0 Å². The minimum Gasteiger partial charge on any atom is -0.465 e. The number of nitrogens with zero attached hydrogens (tertiary/aromatic N) is 1. The molecule has 0 unspecified atom stereocenters. The van der Waals surface area contributed by atoms with Gasteiger partial charge in [-0.05, 0) is 19.1 Å². The lowest BCUT2D eigenvalue weighted by Crippen LogP contribution is -2.18. The van der Waals surface area contributed by atoms with Gasteiger partial charge in [-0.3, -0.25) is 10.1 Å². The van der Waals surface area contributed by atoms with Crippen molar-refractivity contribution in [1.82, 2.24) is 15.3 Å². The predicted molar refractivity (Wildman–Crippen MR) is 67.2 cm³/mol. The van der Waals surface area contributed by atoms with Crippen molar-refractivity contribution < 1.29 is 9.90 Å². The molecular formula is C12H11N3O3. The summed E-state index contributed by atoms with van der Waals surface area (Å²) in [4.78, 5) is 29.0. The van der Waals surface area contributed by atoms with E-state index in [0.29, 0.717) is 22.4 Å². The smallest absolute Gasteiger partial charge is 0.408 e. The maximum atomic E-state index is 11.7. The van der Waals surface area contributed by atoms with Crippen molar-refractivity contribution in [3.8, 4) is 0 Å². The van der Waals surface area contributed by atoms with Crippen LogP contribution in [0.15, 0.2) is 34.8 Å². The van der Waals surface area contributed by atoms with Crippen molar-refractivity contribution in [3.05, 3.63) is 46.1 Å². The van der Waals surface area contributed by atoms with Crippen LogP contribution < -0.4 is 10.9 Å². The average Bonchev–Trinajstić information content (AvgIpc) is 2.27. The third-order valence-corrected chi connectivity index (χ3v) is 2.29. The van der Waals surface area contributed by atoms with Crippen LogP contribution in [0.5, 0.6) is 0 Å². The monoisotopic (exact) mass is 245 g/mol. The summed E-state index contributed by atoms with van der Waals surface area (Å²) in [7, 11) is 0. The third-order valence-electron chi connectivity index (χ3n) is 2.29. The van der Waals surface area contributed by atoms with E-state index in [1.54, 1.807) is 31.2 Å². The molecule has 0 spiro atoms. The molecule has 1 aromatic carbocycles. The molecule has 1 aromatic heterocycles. The molecule has 0 aliphatic heterocycles. The Morgan fingerprint density at radius 1 is 1.44 bits per heavy atom. The van der Waals surface area contributed by atoms with Crippen molar-refractivity contribution >= 4 is 23.1 Å². The lowest BCUT2D eigenvalue weighted by atomic mass is 10.2. The Morgan fingerprint density at radius 2 is 2.17 bits per heavy atom. The predicted octanol–water partition coefficient (Wildman–Crippen LogP) is 1.55. The van der Waals surface area contributed by atoms with Gasteiger partial charge in [0.2, 0.25) is 0 Å². The van der Waals surface area contributed by atoms with Gasteiger partial charge in [0.05, 0.1) is 10.9 Å². The summed E-state index contributed by atoms with van der Waals surface area (Å²) >= 11 is 0. The number of para-hydroxylation sites is 1. The van der Waals surface area contributed by atoms with E-state index >= 15 is 0 Å². The number of allylic oxidation sites excluding steroid dienone is 1. The van der Waals surface area contributed by atoms with E-state index in [-0.39, 0.29) is 5.56 Å². The third kappa shape index (κ3) is 2.54. The molecule has 0 radical (unpaired) electrons. The Kier molecular flexibility index (Phi) is 3.09. The molecule has 1 amide bonds. The summed E-state index contributed by atoms with van der Waals surface area (Å²) in [6.45, 7) is 1.57. The van der Waals surface area contributed by atoms with Crippen LogP contribution in [0, 0.1) is 0 Å². The molecule has 0 aliphatic carbocycles. The van der Waals surface area contributed by atoms with Crippen LogP contribution in [0.25, 0.3) is 17.0 Å². The van der Waals surface area contributed by atoms with E-state index < -0.39 is 6.09 Å². The topological polar surface area (TPSA) is 95.1 Å². The average molecular weight is 245 g/mol. The van der Waals surface area contributed by atoms with Crippen LogP contribution in [0.2, 0.25) is 0 Å². The van der Waals surface area contributed by atoms with Gasteiger partial charge in [0.25, 0.3) is 5.56 Å². The van der Waals surface area contributed by atoms with Crippen LogP contribution in [-0.4, -0.2) is 21.2 Å². The number of hydrogen-bond acceptors (Lipinski definition) is 3. The first-order valence-electron chi connectivity index (χ1n) is 5.23.